The summed E-state index contributed by atoms with van der Waals surface area (Å²) >= 11 is 3.42. The van der Waals surface area contributed by atoms with Crippen LogP contribution >= 0.6 is 15.9 Å². The van der Waals surface area contributed by atoms with E-state index in [1.54, 1.807) is 18.2 Å². The Morgan fingerprint density at radius 3 is 2.26 bits per heavy atom. The van der Waals surface area contributed by atoms with Crippen LogP contribution < -0.4 is 10.6 Å². The van der Waals surface area contributed by atoms with Crippen LogP contribution in [0.25, 0.3) is 6.08 Å². The molecule has 2 aromatic carbocycles. The molecule has 0 radical (unpaired) electrons. The maximum absolute atomic E-state index is 11.9. The fourth-order valence-electron chi connectivity index (χ4n) is 1.96. The fourth-order valence-corrected chi connectivity index (χ4v) is 2.21. The highest BCUT2D eigenvalue weighted by molar-refractivity contribution is 9.10. The van der Waals surface area contributed by atoms with Crippen LogP contribution in [0.3, 0.4) is 0 Å². The van der Waals surface area contributed by atoms with E-state index in [4.69, 9.17) is 0 Å². The lowest BCUT2D eigenvalue weighted by molar-refractivity contribution is -0.114. The lowest BCUT2D eigenvalue weighted by Crippen LogP contribution is -2.07. The fraction of sp³-hybridized carbons (Fsp3) is 0.111. The SMILES string of the molecule is CC(=O)Nc1ccc(/C=C/C(=O)Nc2ccc(Br)c(C)c2)cc1. The molecule has 0 saturated heterocycles. The molecule has 0 fully saturated rings. The number of hydrogen-bond donors (Lipinski definition) is 2. The predicted octanol–water partition coefficient (Wildman–Crippen LogP) is 4.37. The number of amides is 2. The van der Waals surface area contributed by atoms with E-state index in [1.165, 1.54) is 13.0 Å². The van der Waals surface area contributed by atoms with Crippen molar-refractivity contribution < 1.29 is 9.59 Å². The largest absolute Gasteiger partial charge is 0.326 e. The van der Waals surface area contributed by atoms with Crippen molar-refractivity contribution in [2.24, 2.45) is 0 Å². The van der Waals surface area contributed by atoms with Crippen LogP contribution in [-0.2, 0) is 9.59 Å². The number of anilines is 2. The van der Waals surface area contributed by atoms with E-state index in [2.05, 4.69) is 26.6 Å². The Kier molecular flexibility index (Phi) is 5.71. The van der Waals surface area contributed by atoms with Crippen LogP contribution in [0.4, 0.5) is 11.4 Å². The average Bonchev–Trinajstić information content (AvgIpc) is 2.50. The van der Waals surface area contributed by atoms with Crippen LogP contribution in [0.1, 0.15) is 18.1 Å². The Morgan fingerprint density at radius 2 is 1.65 bits per heavy atom. The van der Waals surface area contributed by atoms with E-state index in [-0.39, 0.29) is 11.8 Å². The Balaban J connectivity index is 1.97. The Hall–Kier alpha value is -2.40. The monoisotopic (exact) mass is 372 g/mol. The van der Waals surface area contributed by atoms with Gasteiger partial charge in [-0.05, 0) is 54.5 Å². The van der Waals surface area contributed by atoms with Gasteiger partial charge >= 0.3 is 0 Å². The predicted molar refractivity (Wildman–Crippen MR) is 97.3 cm³/mol. The molecule has 2 rings (SSSR count). The van der Waals surface area contributed by atoms with Gasteiger partial charge in [0.25, 0.3) is 0 Å². The number of carbonyl (C=O) groups excluding carboxylic acids is 2. The zero-order valence-corrected chi connectivity index (χ0v) is 14.5. The number of carbonyl (C=O) groups is 2. The molecule has 0 atom stereocenters. The molecule has 0 saturated carbocycles. The smallest absolute Gasteiger partial charge is 0.248 e. The maximum Gasteiger partial charge on any atom is 0.248 e. The number of hydrogen-bond acceptors (Lipinski definition) is 2. The van der Waals surface area contributed by atoms with Gasteiger partial charge in [-0.15, -0.1) is 0 Å². The maximum atomic E-state index is 11.9. The second-order valence-electron chi connectivity index (χ2n) is 5.09. The Labute approximate surface area is 143 Å². The van der Waals surface area contributed by atoms with Crippen molar-refractivity contribution in [1.29, 1.82) is 0 Å². The molecule has 2 N–H and O–H groups in total. The van der Waals surface area contributed by atoms with Gasteiger partial charge in [0.2, 0.25) is 11.8 Å². The first-order valence-electron chi connectivity index (χ1n) is 7.07. The third-order valence-corrected chi connectivity index (χ3v) is 3.97. The molecule has 0 aromatic heterocycles. The van der Waals surface area contributed by atoms with Crippen LogP contribution in [0.15, 0.2) is 53.0 Å². The van der Waals surface area contributed by atoms with Gasteiger partial charge < -0.3 is 10.6 Å². The summed E-state index contributed by atoms with van der Waals surface area (Å²) in [7, 11) is 0. The summed E-state index contributed by atoms with van der Waals surface area (Å²) in [6.07, 6.45) is 3.20. The summed E-state index contributed by atoms with van der Waals surface area (Å²) in [4.78, 5) is 22.9. The van der Waals surface area contributed by atoms with Crippen molar-refractivity contribution in [3.63, 3.8) is 0 Å². The van der Waals surface area contributed by atoms with Gasteiger partial charge in [0.15, 0.2) is 0 Å². The van der Waals surface area contributed by atoms with Crippen molar-refractivity contribution in [3.05, 3.63) is 64.1 Å². The minimum atomic E-state index is -0.197. The first-order chi connectivity index (χ1) is 10.9. The molecule has 0 aliphatic heterocycles. The number of benzene rings is 2. The topological polar surface area (TPSA) is 58.2 Å². The van der Waals surface area contributed by atoms with Gasteiger partial charge in [-0.1, -0.05) is 28.1 Å². The van der Waals surface area contributed by atoms with Crippen molar-refractivity contribution in [2.45, 2.75) is 13.8 Å². The quantitative estimate of drug-likeness (QED) is 0.782. The second-order valence-corrected chi connectivity index (χ2v) is 5.94. The molecule has 0 unspecified atom stereocenters. The standard InChI is InChI=1S/C18H17BrN2O2/c1-12-11-16(8-9-17(12)19)21-18(23)10-5-14-3-6-15(7-4-14)20-13(2)22/h3-11H,1-2H3,(H,20,22)(H,21,23)/b10-5+. The number of nitrogens with one attached hydrogen (secondary N) is 2. The first kappa shape index (κ1) is 17.0. The van der Waals surface area contributed by atoms with Crippen LogP contribution in [0.2, 0.25) is 0 Å². The highest BCUT2D eigenvalue weighted by Crippen LogP contribution is 2.20. The molecule has 0 bridgehead atoms. The van der Waals surface area contributed by atoms with Gasteiger partial charge in [-0.25, -0.2) is 0 Å². The molecule has 0 heterocycles. The van der Waals surface area contributed by atoms with Gasteiger partial charge in [0.1, 0.15) is 0 Å². The summed E-state index contributed by atoms with van der Waals surface area (Å²) in [5.41, 5.74) is 3.41. The normalized spacial score (nSPS) is 10.6. The molecule has 5 heteroatoms. The minimum Gasteiger partial charge on any atom is -0.326 e. The Morgan fingerprint density at radius 1 is 1.00 bits per heavy atom. The number of halogens is 1. The first-order valence-corrected chi connectivity index (χ1v) is 7.86. The molecule has 23 heavy (non-hydrogen) atoms. The minimum absolute atomic E-state index is 0.113. The Bertz CT molecular complexity index is 752. The van der Waals surface area contributed by atoms with E-state index in [0.717, 1.165) is 27.0 Å². The lowest BCUT2D eigenvalue weighted by atomic mass is 10.2. The zero-order valence-electron chi connectivity index (χ0n) is 12.9. The number of aryl methyl sites for hydroxylation is 1. The van der Waals surface area contributed by atoms with E-state index in [1.807, 2.05) is 37.3 Å². The molecule has 0 spiro atoms. The second kappa shape index (κ2) is 7.74. The third-order valence-electron chi connectivity index (χ3n) is 3.08. The number of rotatable bonds is 4. The van der Waals surface area contributed by atoms with Crippen LogP contribution in [0.5, 0.6) is 0 Å². The van der Waals surface area contributed by atoms with Crippen LogP contribution in [-0.4, -0.2) is 11.8 Å². The molecule has 0 aliphatic rings. The van der Waals surface area contributed by atoms with E-state index in [9.17, 15) is 9.59 Å². The summed E-state index contributed by atoms with van der Waals surface area (Å²) in [6, 6.07) is 12.9. The highest BCUT2D eigenvalue weighted by atomic mass is 79.9. The molecule has 2 aromatic rings. The van der Waals surface area contributed by atoms with Crippen molar-refractivity contribution >= 4 is 45.2 Å². The lowest BCUT2D eigenvalue weighted by Gasteiger charge is -2.05. The zero-order chi connectivity index (χ0) is 16.8. The summed E-state index contributed by atoms with van der Waals surface area (Å²) < 4.78 is 1.00. The summed E-state index contributed by atoms with van der Waals surface area (Å²) in [5, 5.41) is 5.51. The van der Waals surface area contributed by atoms with Gasteiger partial charge in [0.05, 0.1) is 0 Å². The van der Waals surface area contributed by atoms with E-state index < -0.39 is 0 Å². The van der Waals surface area contributed by atoms with Gasteiger partial charge in [-0.2, -0.15) is 0 Å². The molecule has 118 valence electrons. The average molecular weight is 373 g/mol. The van der Waals surface area contributed by atoms with Crippen LogP contribution in [0, 0.1) is 6.92 Å². The van der Waals surface area contributed by atoms with Crippen molar-refractivity contribution in [2.75, 3.05) is 10.6 Å². The van der Waals surface area contributed by atoms with E-state index >= 15 is 0 Å². The molecule has 0 aliphatic carbocycles. The highest BCUT2D eigenvalue weighted by Gasteiger charge is 2.01. The summed E-state index contributed by atoms with van der Waals surface area (Å²) in [6.45, 7) is 3.42. The van der Waals surface area contributed by atoms with Gasteiger partial charge in [0, 0.05) is 28.8 Å². The molecule has 4 nitrogen and oxygen atoms in total. The van der Waals surface area contributed by atoms with Gasteiger partial charge in [-0.3, -0.25) is 9.59 Å². The molecular formula is C18H17BrN2O2. The summed E-state index contributed by atoms with van der Waals surface area (Å²) in [5.74, 6) is -0.310. The molecule has 2 amide bonds. The van der Waals surface area contributed by atoms with E-state index in [0.29, 0.717) is 0 Å². The van der Waals surface area contributed by atoms with Crippen molar-refractivity contribution in [3.8, 4) is 0 Å². The molecular weight excluding hydrogens is 356 g/mol. The van der Waals surface area contributed by atoms with Crippen molar-refractivity contribution in [1.82, 2.24) is 0 Å². The third kappa shape index (κ3) is 5.38.